The zero-order valence-corrected chi connectivity index (χ0v) is 13.2. The molecule has 2 rings (SSSR count). The molecule has 20 heavy (non-hydrogen) atoms. The molecule has 0 atom stereocenters. The first kappa shape index (κ1) is 14.9. The molecule has 0 bridgehead atoms. The van der Waals surface area contributed by atoms with Crippen molar-refractivity contribution in [1.29, 1.82) is 0 Å². The summed E-state index contributed by atoms with van der Waals surface area (Å²) in [5.74, 6) is -0.170. The molecule has 2 amide bonds. The summed E-state index contributed by atoms with van der Waals surface area (Å²) in [4.78, 5) is 25.8. The van der Waals surface area contributed by atoms with Gasteiger partial charge in [-0.25, -0.2) is 0 Å². The van der Waals surface area contributed by atoms with Gasteiger partial charge in [-0.3, -0.25) is 14.5 Å². The van der Waals surface area contributed by atoms with Gasteiger partial charge in [0, 0.05) is 24.5 Å². The number of thioether (sulfide) groups is 1. The Balaban J connectivity index is 2.26. The first-order valence-corrected chi connectivity index (χ1v) is 7.69. The van der Waals surface area contributed by atoms with Gasteiger partial charge >= 0.3 is 0 Å². The molecule has 0 N–H and O–H groups in total. The lowest BCUT2D eigenvalue weighted by molar-refractivity contribution is -0.122. The van der Waals surface area contributed by atoms with E-state index in [9.17, 15) is 9.59 Å². The molecule has 0 aromatic carbocycles. The predicted octanol–water partition coefficient (Wildman–Crippen LogP) is 3.82. The highest BCUT2D eigenvalue weighted by Gasteiger charge is 2.34. The van der Waals surface area contributed by atoms with Gasteiger partial charge in [-0.05, 0) is 56.7 Å². The maximum absolute atomic E-state index is 12.1. The third-order valence-corrected chi connectivity index (χ3v) is 4.15. The van der Waals surface area contributed by atoms with E-state index in [-0.39, 0.29) is 11.1 Å². The normalized spacial score (nSPS) is 17.9. The minimum atomic E-state index is -0.170. The van der Waals surface area contributed by atoms with Crippen LogP contribution in [0.5, 0.6) is 0 Å². The smallest absolute Gasteiger partial charge is 0.293 e. The van der Waals surface area contributed by atoms with Crippen molar-refractivity contribution in [1.82, 2.24) is 9.47 Å². The van der Waals surface area contributed by atoms with Crippen LogP contribution in [0.15, 0.2) is 17.2 Å². The van der Waals surface area contributed by atoms with Crippen LogP contribution < -0.4 is 0 Å². The van der Waals surface area contributed by atoms with E-state index in [1.165, 1.54) is 4.90 Å². The molecule has 1 saturated heterocycles. The minimum absolute atomic E-state index is 0.164. The van der Waals surface area contributed by atoms with Gasteiger partial charge in [-0.15, -0.1) is 0 Å². The van der Waals surface area contributed by atoms with Crippen LogP contribution in [0, 0.1) is 6.92 Å². The van der Waals surface area contributed by atoms with Crippen molar-refractivity contribution in [2.45, 2.75) is 40.2 Å². The lowest BCUT2D eigenvalue weighted by Crippen LogP contribution is -2.28. The van der Waals surface area contributed by atoms with Crippen molar-refractivity contribution < 1.29 is 9.59 Å². The summed E-state index contributed by atoms with van der Waals surface area (Å²) >= 11 is 1.03. The lowest BCUT2D eigenvalue weighted by Gasteiger charge is -2.09. The van der Waals surface area contributed by atoms with Crippen LogP contribution >= 0.6 is 11.8 Å². The molecule has 1 aromatic rings. The van der Waals surface area contributed by atoms with Crippen LogP contribution in [0.4, 0.5) is 4.79 Å². The van der Waals surface area contributed by atoms with Crippen LogP contribution in [-0.2, 0) is 4.79 Å². The highest BCUT2D eigenvalue weighted by molar-refractivity contribution is 8.18. The van der Waals surface area contributed by atoms with Crippen LogP contribution in [-0.4, -0.2) is 27.2 Å². The Morgan fingerprint density at radius 1 is 1.35 bits per heavy atom. The number of amides is 2. The summed E-state index contributed by atoms with van der Waals surface area (Å²) in [6.07, 6.45) is 4.62. The molecular weight excluding hydrogens is 272 g/mol. The van der Waals surface area contributed by atoms with Crippen molar-refractivity contribution in [3.8, 4) is 0 Å². The van der Waals surface area contributed by atoms with Gasteiger partial charge in [0.15, 0.2) is 0 Å². The fourth-order valence-corrected chi connectivity index (χ4v) is 3.18. The first-order chi connectivity index (χ1) is 9.43. The van der Waals surface area contributed by atoms with Crippen LogP contribution in [0.2, 0.25) is 0 Å². The van der Waals surface area contributed by atoms with Gasteiger partial charge in [0.2, 0.25) is 0 Å². The van der Waals surface area contributed by atoms with Crippen molar-refractivity contribution in [2.24, 2.45) is 0 Å². The second-order valence-electron chi connectivity index (χ2n) is 5.25. The van der Waals surface area contributed by atoms with Crippen LogP contribution in [0.25, 0.3) is 6.08 Å². The number of carbonyl (C=O) groups excluding carboxylic acids is 2. The quantitative estimate of drug-likeness (QED) is 0.792. The van der Waals surface area contributed by atoms with Crippen molar-refractivity contribution >= 4 is 29.0 Å². The maximum atomic E-state index is 12.1. The Morgan fingerprint density at radius 2 is 2.05 bits per heavy atom. The number of aromatic nitrogens is 1. The Morgan fingerprint density at radius 3 is 2.60 bits per heavy atom. The molecule has 2 heterocycles. The zero-order chi connectivity index (χ0) is 14.9. The molecule has 0 aliphatic carbocycles. The largest absolute Gasteiger partial charge is 0.349 e. The molecular formula is C15H20N2O2S. The number of aryl methyl sites for hydroxylation is 1. The summed E-state index contributed by atoms with van der Waals surface area (Å²) in [5.41, 5.74) is 2.12. The lowest BCUT2D eigenvalue weighted by atomic mass is 10.3. The molecule has 0 saturated carbocycles. The highest BCUT2D eigenvalue weighted by Crippen LogP contribution is 2.32. The molecule has 0 unspecified atom stereocenters. The average Bonchev–Trinajstić information content (AvgIpc) is 2.86. The molecule has 1 aliphatic rings. The number of imide groups is 1. The van der Waals surface area contributed by atoms with E-state index in [1.54, 1.807) is 0 Å². The predicted molar refractivity (Wildman–Crippen MR) is 82.5 cm³/mol. The van der Waals surface area contributed by atoms with Crippen LogP contribution in [0.1, 0.15) is 44.5 Å². The van der Waals surface area contributed by atoms with E-state index < -0.39 is 0 Å². The Hall–Kier alpha value is -1.49. The molecule has 1 fully saturated rings. The van der Waals surface area contributed by atoms with E-state index in [4.69, 9.17) is 0 Å². The number of carbonyl (C=O) groups is 2. The van der Waals surface area contributed by atoms with Crippen LogP contribution in [0.3, 0.4) is 0 Å². The molecule has 1 aromatic heterocycles. The SMILES string of the molecule is CCCN1C(=O)S/C(=C/c2cc(C)n(C(C)C)c2)C1=O. The van der Waals surface area contributed by atoms with Gasteiger partial charge < -0.3 is 4.57 Å². The van der Waals surface area contributed by atoms with Crippen molar-refractivity contribution in [2.75, 3.05) is 6.54 Å². The number of hydrogen-bond donors (Lipinski definition) is 0. The summed E-state index contributed by atoms with van der Waals surface area (Å²) < 4.78 is 2.15. The van der Waals surface area contributed by atoms with E-state index in [1.807, 2.05) is 32.2 Å². The molecule has 0 spiro atoms. The van der Waals surface area contributed by atoms with Gasteiger partial charge in [0.25, 0.3) is 11.1 Å². The van der Waals surface area contributed by atoms with Crippen molar-refractivity contribution in [3.63, 3.8) is 0 Å². The zero-order valence-electron chi connectivity index (χ0n) is 12.3. The third kappa shape index (κ3) is 2.82. The summed E-state index contributed by atoms with van der Waals surface area (Å²) in [6.45, 7) is 8.73. The fraction of sp³-hybridized carbons (Fsp3) is 0.467. The maximum Gasteiger partial charge on any atom is 0.293 e. The number of nitrogens with zero attached hydrogens (tertiary/aromatic N) is 2. The number of rotatable bonds is 4. The van der Waals surface area contributed by atoms with E-state index in [0.717, 1.165) is 29.4 Å². The van der Waals surface area contributed by atoms with Gasteiger partial charge in [0.1, 0.15) is 0 Å². The monoisotopic (exact) mass is 292 g/mol. The highest BCUT2D eigenvalue weighted by atomic mass is 32.2. The Bertz CT molecular complexity index is 572. The minimum Gasteiger partial charge on any atom is -0.349 e. The molecule has 0 radical (unpaired) electrons. The third-order valence-electron chi connectivity index (χ3n) is 3.25. The van der Waals surface area contributed by atoms with E-state index >= 15 is 0 Å². The molecule has 5 heteroatoms. The molecule has 108 valence electrons. The van der Waals surface area contributed by atoms with Gasteiger partial charge in [0.05, 0.1) is 4.91 Å². The topological polar surface area (TPSA) is 42.3 Å². The summed E-state index contributed by atoms with van der Waals surface area (Å²) in [6, 6.07) is 2.42. The Labute approximate surface area is 123 Å². The fourth-order valence-electron chi connectivity index (χ4n) is 2.32. The second-order valence-corrected chi connectivity index (χ2v) is 6.24. The van der Waals surface area contributed by atoms with Crippen molar-refractivity contribution in [3.05, 3.63) is 28.4 Å². The van der Waals surface area contributed by atoms with Gasteiger partial charge in [-0.2, -0.15) is 0 Å². The average molecular weight is 292 g/mol. The summed E-state index contributed by atoms with van der Waals surface area (Å²) in [7, 11) is 0. The molecule has 1 aliphatic heterocycles. The van der Waals surface area contributed by atoms with E-state index in [2.05, 4.69) is 18.4 Å². The van der Waals surface area contributed by atoms with E-state index in [0.29, 0.717) is 17.5 Å². The standard InChI is InChI=1S/C15H20N2O2S/c1-5-6-16-14(18)13(20-15(16)19)8-12-7-11(4)17(9-12)10(2)3/h7-10H,5-6H2,1-4H3/b13-8+. The van der Waals surface area contributed by atoms with Gasteiger partial charge in [-0.1, -0.05) is 6.92 Å². The first-order valence-electron chi connectivity index (χ1n) is 6.88. The Kier molecular flexibility index (Phi) is 4.38. The number of hydrogen-bond acceptors (Lipinski definition) is 3. The molecule has 4 nitrogen and oxygen atoms in total. The second kappa shape index (κ2) is 5.87. The summed E-state index contributed by atoms with van der Waals surface area (Å²) in [5, 5.41) is -0.164.